The van der Waals surface area contributed by atoms with Crippen LogP contribution in [0.15, 0.2) is 0 Å². The Morgan fingerprint density at radius 3 is 3.08 bits per heavy atom. The zero-order chi connectivity index (χ0) is 8.81. The Balaban J connectivity index is 2.11. The highest BCUT2D eigenvalue weighted by molar-refractivity contribution is 4.69. The molecule has 1 aliphatic heterocycles. The maximum Gasteiger partial charge on any atom is 0.113 e. The first kappa shape index (κ1) is 9.93. The summed E-state index contributed by atoms with van der Waals surface area (Å²) >= 11 is 0. The minimum absolute atomic E-state index is 0.446. The fourth-order valence-corrected chi connectivity index (χ4v) is 1.66. The molecule has 1 heterocycles. The van der Waals surface area contributed by atoms with Gasteiger partial charge in [-0.05, 0) is 32.2 Å². The molecule has 0 aromatic rings. The zero-order valence-corrected chi connectivity index (χ0v) is 7.68. The van der Waals surface area contributed by atoms with Gasteiger partial charge in [0.2, 0.25) is 0 Å². The molecule has 0 amide bonds. The fourth-order valence-electron chi connectivity index (χ4n) is 1.66. The highest BCUT2D eigenvalue weighted by Gasteiger charge is 2.18. The normalized spacial score (nSPS) is 27.0. The number of ether oxygens (including phenoxy) is 1. The summed E-state index contributed by atoms with van der Waals surface area (Å²) < 4.78 is 18.3. The van der Waals surface area contributed by atoms with Gasteiger partial charge in [0.25, 0.3) is 0 Å². The molecular weight excluding hydrogens is 157 g/mol. The Morgan fingerprint density at radius 2 is 2.50 bits per heavy atom. The van der Waals surface area contributed by atoms with Crippen LogP contribution in [-0.2, 0) is 4.74 Å². The molecule has 0 aromatic carbocycles. The van der Waals surface area contributed by atoms with Crippen LogP contribution in [0.3, 0.4) is 0 Å². The third-order valence-electron chi connectivity index (χ3n) is 2.27. The number of nitrogens with one attached hydrogen (secondary N) is 1. The topological polar surface area (TPSA) is 21.3 Å². The molecule has 2 nitrogen and oxygen atoms in total. The van der Waals surface area contributed by atoms with E-state index in [2.05, 4.69) is 5.32 Å². The van der Waals surface area contributed by atoms with Crippen molar-refractivity contribution in [2.24, 2.45) is 5.92 Å². The lowest BCUT2D eigenvalue weighted by Gasteiger charge is -2.23. The van der Waals surface area contributed by atoms with Gasteiger partial charge in [-0.15, -0.1) is 0 Å². The highest BCUT2D eigenvalue weighted by atomic mass is 19.1. The van der Waals surface area contributed by atoms with E-state index in [0.29, 0.717) is 18.9 Å². The van der Waals surface area contributed by atoms with Gasteiger partial charge in [0, 0.05) is 19.8 Å². The molecule has 0 spiro atoms. The second-order valence-corrected chi connectivity index (χ2v) is 3.47. The summed E-state index contributed by atoms with van der Waals surface area (Å²) in [5.74, 6) is 0.446. The van der Waals surface area contributed by atoms with Gasteiger partial charge in [0.15, 0.2) is 0 Å². The van der Waals surface area contributed by atoms with E-state index in [0.717, 1.165) is 26.1 Å². The standard InChI is InChI=1S/C9H18FNO/c1-11-6-9(10)5-8-3-2-4-12-7-8/h8-9,11H,2-7H2,1H3/t8-,9+/m0/s1. The van der Waals surface area contributed by atoms with E-state index < -0.39 is 6.17 Å². The van der Waals surface area contributed by atoms with Crippen molar-refractivity contribution in [1.82, 2.24) is 5.32 Å². The monoisotopic (exact) mass is 175 g/mol. The Hall–Kier alpha value is -0.150. The van der Waals surface area contributed by atoms with Crippen LogP contribution >= 0.6 is 0 Å². The van der Waals surface area contributed by atoms with Crippen molar-refractivity contribution in [3.63, 3.8) is 0 Å². The lowest BCUT2D eigenvalue weighted by atomic mass is 9.96. The zero-order valence-electron chi connectivity index (χ0n) is 7.68. The SMILES string of the molecule is CNC[C@H](F)C[C@@H]1CCCOC1. The maximum absolute atomic E-state index is 13.1. The van der Waals surface area contributed by atoms with Gasteiger partial charge in [-0.1, -0.05) is 0 Å². The summed E-state index contributed by atoms with van der Waals surface area (Å²) in [6.07, 6.45) is 2.17. The number of hydrogen-bond acceptors (Lipinski definition) is 2. The van der Waals surface area contributed by atoms with Gasteiger partial charge >= 0.3 is 0 Å². The van der Waals surface area contributed by atoms with E-state index in [9.17, 15) is 4.39 Å². The van der Waals surface area contributed by atoms with E-state index in [4.69, 9.17) is 4.74 Å². The van der Waals surface area contributed by atoms with Gasteiger partial charge < -0.3 is 10.1 Å². The van der Waals surface area contributed by atoms with E-state index in [-0.39, 0.29) is 0 Å². The Morgan fingerprint density at radius 1 is 1.67 bits per heavy atom. The van der Waals surface area contributed by atoms with Crippen molar-refractivity contribution in [2.45, 2.75) is 25.4 Å². The quantitative estimate of drug-likeness (QED) is 0.696. The minimum atomic E-state index is -0.707. The van der Waals surface area contributed by atoms with E-state index in [1.54, 1.807) is 7.05 Å². The van der Waals surface area contributed by atoms with E-state index >= 15 is 0 Å². The van der Waals surface area contributed by atoms with Crippen LogP contribution < -0.4 is 5.32 Å². The summed E-state index contributed by atoms with van der Waals surface area (Å²) in [5, 5.41) is 2.84. The van der Waals surface area contributed by atoms with Crippen LogP contribution in [-0.4, -0.2) is 33.0 Å². The lowest BCUT2D eigenvalue weighted by molar-refractivity contribution is 0.0418. The molecule has 72 valence electrons. The molecule has 0 unspecified atom stereocenters. The molecule has 0 radical (unpaired) electrons. The number of hydrogen-bond donors (Lipinski definition) is 1. The molecule has 1 N–H and O–H groups in total. The van der Waals surface area contributed by atoms with Crippen LogP contribution in [0.4, 0.5) is 4.39 Å². The van der Waals surface area contributed by atoms with Crippen molar-refractivity contribution in [1.29, 1.82) is 0 Å². The first-order chi connectivity index (χ1) is 5.83. The van der Waals surface area contributed by atoms with Crippen molar-refractivity contribution in [2.75, 3.05) is 26.8 Å². The summed E-state index contributed by atoms with van der Waals surface area (Å²) in [6.45, 7) is 2.08. The van der Waals surface area contributed by atoms with E-state index in [1.807, 2.05) is 0 Å². The van der Waals surface area contributed by atoms with Crippen LogP contribution in [0.5, 0.6) is 0 Å². The van der Waals surface area contributed by atoms with Crippen molar-refractivity contribution < 1.29 is 9.13 Å². The molecule has 12 heavy (non-hydrogen) atoms. The Labute approximate surface area is 73.5 Å². The lowest BCUT2D eigenvalue weighted by Crippen LogP contribution is -2.26. The predicted molar refractivity (Wildman–Crippen MR) is 47.0 cm³/mol. The molecule has 1 saturated heterocycles. The predicted octanol–water partition coefficient (Wildman–Crippen LogP) is 1.36. The van der Waals surface area contributed by atoms with Crippen molar-refractivity contribution in [3.05, 3.63) is 0 Å². The van der Waals surface area contributed by atoms with Crippen molar-refractivity contribution >= 4 is 0 Å². The maximum atomic E-state index is 13.1. The first-order valence-corrected chi connectivity index (χ1v) is 4.69. The molecule has 0 aliphatic carbocycles. The summed E-state index contributed by atoms with van der Waals surface area (Å²) in [4.78, 5) is 0. The van der Waals surface area contributed by atoms with Crippen LogP contribution in [0.25, 0.3) is 0 Å². The van der Waals surface area contributed by atoms with Crippen LogP contribution in [0.2, 0.25) is 0 Å². The second kappa shape index (κ2) is 5.49. The molecule has 1 rings (SSSR count). The molecule has 0 aromatic heterocycles. The molecule has 3 heteroatoms. The highest BCUT2D eigenvalue weighted by Crippen LogP contribution is 2.19. The van der Waals surface area contributed by atoms with Gasteiger partial charge in [0.1, 0.15) is 6.17 Å². The molecule has 1 fully saturated rings. The van der Waals surface area contributed by atoms with E-state index in [1.165, 1.54) is 0 Å². The average molecular weight is 175 g/mol. The summed E-state index contributed by atoms with van der Waals surface area (Å²) in [5.41, 5.74) is 0. The molecule has 2 atom stereocenters. The van der Waals surface area contributed by atoms with Gasteiger partial charge in [-0.25, -0.2) is 4.39 Å². The summed E-state index contributed by atoms with van der Waals surface area (Å²) in [7, 11) is 1.78. The average Bonchev–Trinajstić information content (AvgIpc) is 2.06. The van der Waals surface area contributed by atoms with Gasteiger partial charge in [-0.3, -0.25) is 0 Å². The Kier molecular flexibility index (Phi) is 4.54. The third-order valence-corrected chi connectivity index (χ3v) is 2.27. The largest absolute Gasteiger partial charge is 0.381 e. The van der Waals surface area contributed by atoms with Crippen LogP contribution in [0.1, 0.15) is 19.3 Å². The fraction of sp³-hybridized carbons (Fsp3) is 1.00. The number of rotatable bonds is 4. The third kappa shape index (κ3) is 3.50. The van der Waals surface area contributed by atoms with Crippen molar-refractivity contribution in [3.8, 4) is 0 Å². The molecule has 0 saturated carbocycles. The van der Waals surface area contributed by atoms with Gasteiger partial charge in [0.05, 0.1) is 0 Å². The van der Waals surface area contributed by atoms with Crippen LogP contribution in [0, 0.1) is 5.92 Å². The smallest absolute Gasteiger partial charge is 0.113 e. The Bertz CT molecular complexity index is 115. The number of alkyl halides is 1. The molecular formula is C9H18FNO. The molecule has 0 bridgehead atoms. The summed E-state index contributed by atoms with van der Waals surface area (Å²) in [6, 6.07) is 0. The van der Waals surface area contributed by atoms with Gasteiger partial charge in [-0.2, -0.15) is 0 Å². The molecule has 1 aliphatic rings. The first-order valence-electron chi connectivity index (χ1n) is 4.69. The second-order valence-electron chi connectivity index (χ2n) is 3.47. The number of halogens is 1. The minimum Gasteiger partial charge on any atom is -0.381 e.